The average Bonchev–Trinajstić information content (AvgIpc) is 2.47. The maximum absolute atomic E-state index is 3.67. The van der Waals surface area contributed by atoms with E-state index in [-0.39, 0.29) is 0 Å². The molecule has 1 unspecified atom stereocenters. The lowest BCUT2D eigenvalue weighted by atomic mass is 9.99. The first-order valence-corrected chi connectivity index (χ1v) is 8.98. The molecule has 0 aliphatic carbocycles. The Hall–Kier alpha value is -0.640. The molecule has 0 spiro atoms. The van der Waals surface area contributed by atoms with Gasteiger partial charge in [0.1, 0.15) is 0 Å². The maximum Gasteiger partial charge on any atom is 0.0178 e. The minimum absolute atomic E-state index is 0.473. The highest BCUT2D eigenvalue weighted by atomic mass is 79.9. The largest absolute Gasteiger partial charge is 0.313 e. The summed E-state index contributed by atoms with van der Waals surface area (Å²) < 4.78 is 2.29. The number of rotatable bonds is 7. The Morgan fingerprint density at radius 2 is 1.62 bits per heavy atom. The predicted molar refractivity (Wildman–Crippen MR) is 97.8 cm³/mol. The summed E-state index contributed by atoms with van der Waals surface area (Å²) in [6, 6.07) is 17.7. The van der Waals surface area contributed by atoms with Gasteiger partial charge in [0, 0.05) is 15.0 Å². The molecule has 0 saturated heterocycles. The Balaban J connectivity index is 2.04. The summed E-state index contributed by atoms with van der Waals surface area (Å²) in [6.07, 6.45) is 3.27. The van der Waals surface area contributed by atoms with Crippen LogP contribution in [0.3, 0.4) is 0 Å². The molecular weight excluding hydrogens is 390 g/mol. The van der Waals surface area contributed by atoms with Crippen LogP contribution >= 0.6 is 31.9 Å². The van der Waals surface area contributed by atoms with Gasteiger partial charge in [0.15, 0.2) is 0 Å². The standard InChI is InChI=1S/C18H21Br2N/c1-2-10-21-18(12-14-6-8-16(19)9-7-14)13-15-4-3-5-17(20)11-15/h3-9,11,18,21H,2,10,12-13H2,1H3. The minimum atomic E-state index is 0.473. The molecule has 0 saturated carbocycles. The summed E-state index contributed by atoms with van der Waals surface area (Å²) in [5, 5.41) is 3.67. The zero-order valence-corrected chi connectivity index (χ0v) is 15.5. The van der Waals surface area contributed by atoms with E-state index in [1.165, 1.54) is 11.1 Å². The van der Waals surface area contributed by atoms with Crippen molar-refractivity contribution >= 4 is 31.9 Å². The van der Waals surface area contributed by atoms with E-state index < -0.39 is 0 Å². The zero-order valence-electron chi connectivity index (χ0n) is 12.3. The summed E-state index contributed by atoms with van der Waals surface area (Å²) in [5.41, 5.74) is 2.75. The second-order valence-corrected chi connectivity index (χ2v) is 7.15. The van der Waals surface area contributed by atoms with E-state index in [0.717, 1.165) is 34.8 Å². The van der Waals surface area contributed by atoms with Crippen LogP contribution in [-0.2, 0) is 12.8 Å². The third-order valence-corrected chi connectivity index (χ3v) is 4.47. The van der Waals surface area contributed by atoms with Gasteiger partial charge in [0.25, 0.3) is 0 Å². The van der Waals surface area contributed by atoms with Crippen molar-refractivity contribution in [3.05, 3.63) is 68.6 Å². The van der Waals surface area contributed by atoms with Crippen LogP contribution < -0.4 is 5.32 Å². The fraction of sp³-hybridized carbons (Fsp3) is 0.333. The van der Waals surface area contributed by atoms with E-state index in [4.69, 9.17) is 0 Å². The Morgan fingerprint density at radius 3 is 2.29 bits per heavy atom. The van der Waals surface area contributed by atoms with Gasteiger partial charge in [0.2, 0.25) is 0 Å². The van der Waals surface area contributed by atoms with Crippen LogP contribution in [0.25, 0.3) is 0 Å². The molecule has 1 nitrogen and oxygen atoms in total. The van der Waals surface area contributed by atoms with Crippen LogP contribution in [0.5, 0.6) is 0 Å². The Bertz CT molecular complexity index is 551. The predicted octanol–water partition coefficient (Wildman–Crippen LogP) is 5.37. The summed E-state index contributed by atoms with van der Waals surface area (Å²) in [6.45, 7) is 3.28. The third kappa shape index (κ3) is 5.93. The molecule has 0 aliphatic heterocycles. The summed E-state index contributed by atoms with van der Waals surface area (Å²) in [5.74, 6) is 0. The highest BCUT2D eigenvalue weighted by Gasteiger charge is 2.10. The van der Waals surface area contributed by atoms with E-state index in [2.05, 4.69) is 92.6 Å². The molecule has 21 heavy (non-hydrogen) atoms. The average molecular weight is 411 g/mol. The van der Waals surface area contributed by atoms with Crippen LogP contribution in [-0.4, -0.2) is 12.6 Å². The van der Waals surface area contributed by atoms with Crippen molar-refractivity contribution in [1.82, 2.24) is 5.32 Å². The number of benzene rings is 2. The number of nitrogens with one attached hydrogen (secondary N) is 1. The van der Waals surface area contributed by atoms with Gasteiger partial charge < -0.3 is 5.32 Å². The molecule has 0 heterocycles. The molecule has 0 amide bonds. The first-order chi connectivity index (χ1) is 10.2. The quantitative estimate of drug-likeness (QED) is 0.647. The molecule has 1 N–H and O–H groups in total. The van der Waals surface area contributed by atoms with Gasteiger partial charge in [0.05, 0.1) is 0 Å². The van der Waals surface area contributed by atoms with Crippen molar-refractivity contribution in [2.45, 2.75) is 32.2 Å². The smallest absolute Gasteiger partial charge is 0.0178 e. The topological polar surface area (TPSA) is 12.0 Å². The van der Waals surface area contributed by atoms with Crippen molar-refractivity contribution in [3.8, 4) is 0 Å². The van der Waals surface area contributed by atoms with Crippen molar-refractivity contribution in [2.75, 3.05) is 6.54 Å². The molecule has 2 rings (SSSR count). The second-order valence-electron chi connectivity index (χ2n) is 5.32. The summed E-state index contributed by atoms with van der Waals surface area (Å²) in [7, 11) is 0. The van der Waals surface area contributed by atoms with E-state index in [9.17, 15) is 0 Å². The molecule has 0 aliphatic rings. The molecule has 0 bridgehead atoms. The van der Waals surface area contributed by atoms with E-state index in [1.807, 2.05) is 0 Å². The van der Waals surface area contributed by atoms with Crippen LogP contribution in [0.1, 0.15) is 24.5 Å². The minimum Gasteiger partial charge on any atom is -0.313 e. The lowest BCUT2D eigenvalue weighted by Gasteiger charge is -2.19. The first kappa shape index (κ1) is 16.7. The van der Waals surface area contributed by atoms with Gasteiger partial charge in [-0.2, -0.15) is 0 Å². The fourth-order valence-corrected chi connectivity index (χ4v) is 3.13. The van der Waals surface area contributed by atoms with Crippen molar-refractivity contribution in [2.24, 2.45) is 0 Å². The molecule has 0 aromatic heterocycles. The van der Waals surface area contributed by atoms with Crippen molar-refractivity contribution in [3.63, 3.8) is 0 Å². The van der Waals surface area contributed by atoms with Crippen LogP contribution in [0.15, 0.2) is 57.5 Å². The molecule has 112 valence electrons. The molecule has 0 fully saturated rings. The van der Waals surface area contributed by atoms with Crippen molar-refractivity contribution in [1.29, 1.82) is 0 Å². The lowest BCUT2D eigenvalue weighted by molar-refractivity contribution is 0.504. The monoisotopic (exact) mass is 409 g/mol. The SMILES string of the molecule is CCCNC(Cc1ccc(Br)cc1)Cc1cccc(Br)c1. The van der Waals surface area contributed by atoms with Crippen molar-refractivity contribution < 1.29 is 0 Å². The van der Waals surface area contributed by atoms with E-state index in [1.54, 1.807) is 0 Å². The number of hydrogen-bond acceptors (Lipinski definition) is 1. The van der Waals surface area contributed by atoms with E-state index >= 15 is 0 Å². The third-order valence-electron chi connectivity index (χ3n) is 3.45. The van der Waals surface area contributed by atoms with Gasteiger partial charge >= 0.3 is 0 Å². The molecule has 0 radical (unpaired) electrons. The fourth-order valence-electron chi connectivity index (χ4n) is 2.42. The van der Waals surface area contributed by atoms with Gasteiger partial charge in [-0.1, -0.05) is 63.0 Å². The molecular formula is C18H21Br2N. The van der Waals surface area contributed by atoms with Crippen LogP contribution in [0.2, 0.25) is 0 Å². The maximum atomic E-state index is 3.67. The van der Waals surface area contributed by atoms with Gasteiger partial charge in [-0.15, -0.1) is 0 Å². The van der Waals surface area contributed by atoms with Gasteiger partial charge in [-0.05, 0) is 61.2 Å². The number of halogens is 2. The first-order valence-electron chi connectivity index (χ1n) is 7.39. The highest BCUT2D eigenvalue weighted by Crippen LogP contribution is 2.16. The zero-order chi connectivity index (χ0) is 15.1. The normalized spacial score (nSPS) is 12.3. The summed E-state index contributed by atoms with van der Waals surface area (Å²) >= 11 is 7.05. The Morgan fingerprint density at radius 1 is 0.905 bits per heavy atom. The Kier molecular flexibility index (Phi) is 6.94. The van der Waals surface area contributed by atoms with Crippen LogP contribution in [0.4, 0.5) is 0 Å². The molecule has 1 atom stereocenters. The molecule has 2 aromatic carbocycles. The highest BCUT2D eigenvalue weighted by molar-refractivity contribution is 9.10. The lowest BCUT2D eigenvalue weighted by Crippen LogP contribution is -2.33. The second kappa shape index (κ2) is 8.72. The van der Waals surface area contributed by atoms with Gasteiger partial charge in [-0.25, -0.2) is 0 Å². The van der Waals surface area contributed by atoms with E-state index in [0.29, 0.717) is 6.04 Å². The van der Waals surface area contributed by atoms with Gasteiger partial charge in [-0.3, -0.25) is 0 Å². The Labute approximate surface area is 144 Å². The van der Waals surface area contributed by atoms with Crippen LogP contribution in [0, 0.1) is 0 Å². The molecule has 3 heteroatoms. The summed E-state index contributed by atoms with van der Waals surface area (Å²) in [4.78, 5) is 0. The number of hydrogen-bond donors (Lipinski definition) is 1. The molecule has 2 aromatic rings.